The third-order valence-corrected chi connectivity index (χ3v) is 17.4. The van der Waals surface area contributed by atoms with Gasteiger partial charge < -0.3 is 1.43 Å². The molecule has 274 valence electrons. The minimum atomic E-state index is -4.83. The van der Waals surface area contributed by atoms with Crippen LogP contribution in [0.5, 0.6) is 0 Å². The van der Waals surface area contributed by atoms with Gasteiger partial charge in [-0.3, -0.25) is 51.6 Å². The van der Waals surface area contributed by atoms with Gasteiger partial charge >= 0.3 is 51.4 Å². The maximum atomic E-state index is 13.1. The molecular formula is C32H57KN8O6S2. The van der Waals surface area contributed by atoms with Crippen molar-refractivity contribution < 1.29 is 78.8 Å². The minimum absolute atomic E-state index is 0. The monoisotopic (exact) mass is 752 g/mol. The molecule has 0 aromatic carbocycles. The minimum Gasteiger partial charge on any atom is -1.00 e. The van der Waals surface area contributed by atoms with Crippen molar-refractivity contribution in [2.24, 2.45) is 47.3 Å². The first kappa shape index (κ1) is 37.1. The largest absolute Gasteiger partial charge is 1.00 e. The first-order valence-electron chi connectivity index (χ1n) is 19.1. The summed E-state index contributed by atoms with van der Waals surface area (Å²) in [6, 6.07) is 0. The van der Waals surface area contributed by atoms with Crippen molar-refractivity contribution in [1.29, 1.82) is 0 Å². The van der Waals surface area contributed by atoms with Crippen molar-refractivity contribution in [3.63, 3.8) is 0 Å². The van der Waals surface area contributed by atoms with Gasteiger partial charge in [-0.05, 0) is 92.8 Å². The second-order valence-corrected chi connectivity index (χ2v) is 20.1. The van der Waals surface area contributed by atoms with Gasteiger partial charge in [-0.25, -0.2) is 0 Å². The molecule has 4 aliphatic carbocycles. The van der Waals surface area contributed by atoms with E-state index in [2.05, 4.69) is 42.5 Å². The van der Waals surface area contributed by atoms with Crippen LogP contribution in [0.15, 0.2) is 0 Å². The van der Waals surface area contributed by atoms with Crippen LogP contribution in [0.25, 0.3) is 0 Å². The van der Waals surface area contributed by atoms with Gasteiger partial charge in [-0.2, -0.15) is 16.8 Å². The second kappa shape index (κ2) is 14.3. The van der Waals surface area contributed by atoms with Gasteiger partial charge in [0.2, 0.25) is 0 Å². The Bertz CT molecular complexity index is 1450. The molecule has 14 nitrogen and oxygen atoms in total. The average Bonchev–Trinajstić information content (AvgIpc) is 3.79. The molecule has 0 aromatic heterocycles. The van der Waals surface area contributed by atoms with Crippen molar-refractivity contribution in [3.8, 4) is 0 Å². The van der Waals surface area contributed by atoms with Crippen LogP contribution in [-0.4, -0.2) is 85.8 Å². The fourth-order valence-corrected chi connectivity index (χ4v) is 15.7. The Hall–Kier alpha value is 1.14. The number of rotatable bonds is 2. The number of fused-ring (bicyclic) bond motifs is 20. The number of hydrogen-bond acceptors (Lipinski definition) is 12. The van der Waals surface area contributed by atoms with Crippen LogP contribution in [0, 0.1) is 47.3 Å². The van der Waals surface area contributed by atoms with Crippen LogP contribution in [0.1, 0.15) is 91.3 Å². The van der Waals surface area contributed by atoms with E-state index in [1.807, 2.05) is 0 Å². The van der Waals surface area contributed by atoms with Gasteiger partial charge in [0.1, 0.15) is 10.5 Å². The molecule has 10 N–H and O–H groups in total. The molecule has 5 saturated heterocycles. The smallest absolute Gasteiger partial charge is 1.00 e. The SMILES string of the molecule is O=S(=O)(O)C1CCC2C3NC4NC(NC5NC(NC6NC(NC(N3)C2C1S(=O)(=O)O)C1CCCCC61)C1CCCCC51)C1CCCCC41.[H-].[K+]. The first-order chi connectivity index (χ1) is 23.0. The molecule has 0 amide bonds. The molecular weight excluding hydrogens is 696 g/mol. The van der Waals surface area contributed by atoms with Crippen molar-refractivity contribution in [1.82, 2.24) is 42.5 Å². The van der Waals surface area contributed by atoms with Crippen LogP contribution in [-0.2, 0) is 20.2 Å². The van der Waals surface area contributed by atoms with Crippen molar-refractivity contribution in [2.75, 3.05) is 0 Å². The van der Waals surface area contributed by atoms with Gasteiger partial charge in [0.15, 0.2) is 0 Å². The molecule has 0 spiro atoms. The summed E-state index contributed by atoms with van der Waals surface area (Å²) in [5.74, 6) is 1.70. The number of hydrogen-bond donors (Lipinski definition) is 10. The summed E-state index contributed by atoms with van der Waals surface area (Å²) in [5, 5.41) is 28.3. The maximum absolute atomic E-state index is 13.1. The van der Waals surface area contributed by atoms with E-state index in [9.17, 15) is 25.9 Å². The number of nitrogens with one attached hydrogen (secondary N) is 8. The van der Waals surface area contributed by atoms with Crippen LogP contribution < -0.4 is 93.9 Å². The molecule has 9 aliphatic rings. The predicted molar refractivity (Wildman–Crippen MR) is 180 cm³/mol. The van der Waals surface area contributed by atoms with E-state index in [1.54, 1.807) is 0 Å². The van der Waals surface area contributed by atoms with E-state index < -0.39 is 42.8 Å². The Balaban J connectivity index is 0.00000196. The topological polar surface area (TPSA) is 205 Å². The predicted octanol–water partition coefficient (Wildman–Crippen LogP) is -2.55. The van der Waals surface area contributed by atoms with Gasteiger partial charge in [0.25, 0.3) is 20.2 Å². The van der Waals surface area contributed by atoms with Crippen LogP contribution >= 0.6 is 0 Å². The van der Waals surface area contributed by atoms with Crippen molar-refractivity contribution in [3.05, 3.63) is 0 Å². The molecule has 5 heterocycles. The zero-order chi connectivity index (χ0) is 32.9. The summed E-state index contributed by atoms with van der Waals surface area (Å²) in [6.07, 6.45) is 14.1. The molecule has 5 aliphatic heterocycles. The maximum Gasteiger partial charge on any atom is 1.00 e. The zero-order valence-corrected chi connectivity index (χ0v) is 33.4. The third kappa shape index (κ3) is 6.75. The normalized spacial score (nSPS) is 52.7. The van der Waals surface area contributed by atoms with Crippen molar-refractivity contribution >= 4 is 20.2 Å². The van der Waals surface area contributed by atoms with Gasteiger partial charge in [0, 0.05) is 5.92 Å². The molecule has 4 saturated carbocycles. The summed E-state index contributed by atoms with van der Waals surface area (Å²) < 4.78 is 72.3. The second-order valence-electron chi connectivity index (χ2n) is 16.8. The molecule has 49 heavy (non-hydrogen) atoms. The van der Waals surface area contributed by atoms with Gasteiger partial charge in [-0.1, -0.05) is 38.5 Å². The van der Waals surface area contributed by atoms with E-state index in [0.29, 0.717) is 41.9 Å². The first-order valence-corrected chi connectivity index (χ1v) is 22.1. The standard InChI is InChI=1S/C32H56N8O6S2.K.H/c41-47(42,43)22-14-13-21-23(24(22)48(44,45)46)32-39-30-20-12-6-5-11-19(20)28(37-30)35-26-16-8-2-1-7-15(16)25(33-26)34-27-17-9-3-4-10-18(17)29(36-27)38-31(21)40-32;;/h15-40H,1-14H2,(H,41,42,43)(H,44,45,46);;/q;+1;-1. The van der Waals surface area contributed by atoms with E-state index in [-0.39, 0.29) is 108 Å². The molecule has 9 rings (SSSR count). The average molecular weight is 753 g/mol. The summed E-state index contributed by atoms with van der Waals surface area (Å²) in [4.78, 5) is 0. The van der Waals surface area contributed by atoms with E-state index >= 15 is 0 Å². The molecule has 18 unspecified atom stereocenters. The Morgan fingerprint density at radius 2 is 0.673 bits per heavy atom. The molecule has 8 bridgehead atoms. The molecule has 0 aromatic rings. The van der Waals surface area contributed by atoms with Crippen LogP contribution in [0.4, 0.5) is 0 Å². The molecule has 17 heteroatoms. The molecule has 9 fully saturated rings. The molecule has 0 radical (unpaired) electrons. The summed E-state index contributed by atoms with van der Waals surface area (Å²) in [7, 11) is -9.55. The Morgan fingerprint density at radius 3 is 0.959 bits per heavy atom. The van der Waals surface area contributed by atoms with Gasteiger partial charge in [-0.15, -0.1) is 0 Å². The zero-order valence-electron chi connectivity index (χ0n) is 29.6. The van der Waals surface area contributed by atoms with E-state index in [4.69, 9.17) is 0 Å². The Morgan fingerprint density at radius 1 is 0.388 bits per heavy atom. The van der Waals surface area contributed by atoms with Gasteiger partial charge in [0.05, 0.1) is 49.3 Å². The Labute approximate surface area is 335 Å². The third-order valence-electron chi connectivity index (χ3n) is 14.6. The van der Waals surface area contributed by atoms with E-state index in [1.165, 1.54) is 44.9 Å². The summed E-state index contributed by atoms with van der Waals surface area (Å²) >= 11 is 0. The van der Waals surface area contributed by atoms with Crippen LogP contribution in [0.2, 0.25) is 0 Å². The Kier molecular flexibility index (Phi) is 10.8. The summed E-state index contributed by atoms with van der Waals surface area (Å²) in [6.45, 7) is 0. The quantitative estimate of drug-likeness (QED) is 0.104. The van der Waals surface area contributed by atoms with E-state index in [0.717, 1.165) is 32.1 Å². The summed E-state index contributed by atoms with van der Waals surface area (Å²) in [5.41, 5.74) is 0. The van der Waals surface area contributed by atoms with Crippen molar-refractivity contribution in [2.45, 2.75) is 150 Å². The molecule has 18 atom stereocenters. The van der Waals surface area contributed by atoms with Crippen LogP contribution in [0.3, 0.4) is 0 Å². The fraction of sp³-hybridized carbons (Fsp3) is 1.00. The fourth-order valence-electron chi connectivity index (χ4n) is 12.7.